The molecule has 2 aromatic rings. The summed E-state index contributed by atoms with van der Waals surface area (Å²) in [7, 11) is 0. The summed E-state index contributed by atoms with van der Waals surface area (Å²) in [6.07, 6.45) is -0.466. The van der Waals surface area contributed by atoms with Crippen LogP contribution in [-0.2, 0) is 16.0 Å². The van der Waals surface area contributed by atoms with E-state index in [9.17, 15) is 14.4 Å². The third kappa shape index (κ3) is 1.97. The molecule has 0 aliphatic carbocycles. The Morgan fingerprint density at radius 1 is 1.16 bits per heavy atom. The lowest BCUT2D eigenvalue weighted by atomic mass is 10.1. The zero-order valence-corrected chi connectivity index (χ0v) is 9.71. The highest BCUT2D eigenvalue weighted by molar-refractivity contribution is 6.00. The zero-order chi connectivity index (χ0) is 13.4. The standard InChI is InChI=1S/C13H9NO5/c15-11-7(5-10-12(16)14-13(17)19-10)6-18-9-4-2-1-3-8(9)11/h1-4,6,10H,5H2,(H,14,16,17). The van der Waals surface area contributed by atoms with E-state index in [1.54, 1.807) is 24.3 Å². The molecule has 3 rings (SSSR count). The smallest absolute Gasteiger partial charge is 0.414 e. The zero-order valence-electron chi connectivity index (χ0n) is 9.71. The lowest BCUT2D eigenvalue weighted by Crippen LogP contribution is -2.27. The fourth-order valence-electron chi connectivity index (χ4n) is 1.99. The van der Waals surface area contributed by atoms with Crippen LogP contribution in [-0.4, -0.2) is 18.1 Å². The van der Waals surface area contributed by atoms with Crippen molar-refractivity contribution in [3.63, 3.8) is 0 Å². The average Bonchev–Trinajstić information content (AvgIpc) is 2.72. The van der Waals surface area contributed by atoms with Gasteiger partial charge in [-0.1, -0.05) is 12.1 Å². The summed E-state index contributed by atoms with van der Waals surface area (Å²) in [5, 5.41) is 2.45. The van der Waals surface area contributed by atoms with Gasteiger partial charge in [0.05, 0.1) is 11.6 Å². The van der Waals surface area contributed by atoms with E-state index in [-0.39, 0.29) is 11.8 Å². The molecule has 1 fully saturated rings. The van der Waals surface area contributed by atoms with Gasteiger partial charge in [-0.3, -0.25) is 14.9 Å². The molecule has 6 heteroatoms. The highest BCUT2D eigenvalue weighted by atomic mass is 16.6. The Bertz CT molecular complexity index is 733. The van der Waals surface area contributed by atoms with Crippen LogP contribution in [0.25, 0.3) is 11.0 Å². The Hall–Kier alpha value is -2.63. The minimum absolute atomic E-state index is 0.00470. The van der Waals surface area contributed by atoms with Gasteiger partial charge in [-0.2, -0.15) is 0 Å². The molecule has 2 amide bonds. The van der Waals surface area contributed by atoms with Crippen molar-refractivity contribution in [3.8, 4) is 0 Å². The van der Waals surface area contributed by atoms with Crippen molar-refractivity contribution in [1.29, 1.82) is 0 Å². The second-order valence-electron chi connectivity index (χ2n) is 4.17. The largest absolute Gasteiger partial charge is 0.464 e. The summed E-state index contributed by atoms with van der Waals surface area (Å²) in [5.41, 5.74) is 0.551. The molecular formula is C13H9NO5. The van der Waals surface area contributed by atoms with Crippen LogP contribution in [0.1, 0.15) is 5.56 Å². The second-order valence-corrected chi connectivity index (χ2v) is 4.17. The average molecular weight is 259 g/mol. The van der Waals surface area contributed by atoms with E-state index in [0.29, 0.717) is 16.5 Å². The third-order valence-corrected chi connectivity index (χ3v) is 2.92. The first-order chi connectivity index (χ1) is 9.15. The Kier molecular flexibility index (Phi) is 2.56. The Labute approximate surface area is 107 Å². The Morgan fingerprint density at radius 3 is 2.68 bits per heavy atom. The molecule has 1 aromatic carbocycles. The molecule has 19 heavy (non-hydrogen) atoms. The van der Waals surface area contributed by atoms with Crippen molar-refractivity contribution >= 4 is 23.0 Å². The maximum Gasteiger partial charge on any atom is 0.414 e. The Morgan fingerprint density at radius 2 is 1.95 bits per heavy atom. The fraction of sp³-hybridized carbons (Fsp3) is 0.154. The number of ether oxygens (including phenoxy) is 1. The number of carbonyl (C=O) groups excluding carboxylic acids is 2. The summed E-state index contributed by atoms with van der Waals surface area (Å²) in [5.74, 6) is -0.544. The number of benzene rings is 1. The molecule has 1 aliphatic rings. The predicted molar refractivity (Wildman–Crippen MR) is 64.6 cm³/mol. The molecule has 0 spiro atoms. The van der Waals surface area contributed by atoms with Gasteiger partial charge < -0.3 is 9.15 Å². The molecule has 0 bridgehead atoms. The lowest BCUT2D eigenvalue weighted by molar-refractivity contribution is -0.123. The van der Waals surface area contributed by atoms with E-state index >= 15 is 0 Å². The molecule has 6 nitrogen and oxygen atoms in total. The maximum absolute atomic E-state index is 12.2. The molecule has 1 aliphatic heterocycles. The number of carbonyl (C=O) groups is 2. The highest BCUT2D eigenvalue weighted by Crippen LogP contribution is 2.13. The number of alkyl carbamates (subject to hydrolysis) is 1. The predicted octanol–water partition coefficient (Wildman–Crippen LogP) is 0.970. The van der Waals surface area contributed by atoms with Gasteiger partial charge in [0.25, 0.3) is 5.91 Å². The molecule has 1 aromatic heterocycles. The number of imide groups is 1. The van der Waals surface area contributed by atoms with Crippen molar-refractivity contribution in [2.45, 2.75) is 12.5 Å². The van der Waals surface area contributed by atoms with Gasteiger partial charge in [0, 0.05) is 12.0 Å². The minimum Gasteiger partial charge on any atom is -0.464 e. The summed E-state index contributed by atoms with van der Waals surface area (Å²) in [6, 6.07) is 6.82. The van der Waals surface area contributed by atoms with E-state index in [4.69, 9.17) is 9.15 Å². The van der Waals surface area contributed by atoms with Gasteiger partial charge >= 0.3 is 6.09 Å². The lowest BCUT2D eigenvalue weighted by Gasteiger charge is -2.05. The number of hydrogen-bond donors (Lipinski definition) is 1. The maximum atomic E-state index is 12.2. The molecule has 2 heterocycles. The van der Waals surface area contributed by atoms with E-state index in [0.717, 1.165) is 0 Å². The van der Waals surface area contributed by atoms with Crippen LogP contribution in [0.5, 0.6) is 0 Å². The summed E-state index contributed by atoms with van der Waals surface area (Å²) in [4.78, 5) is 34.4. The molecule has 0 radical (unpaired) electrons. The van der Waals surface area contributed by atoms with Crippen LogP contribution in [0, 0.1) is 0 Å². The number of hydrogen-bond acceptors (Lipinski definition) is 5. The molecule has 1 unspecified atom stereocenters. The number of para-hydroxylation sites is 1. The third-order valence-electron chi connectivity index (χ3n) is 2.92. The van der Waals surface area contributed by atoms with Crippen molar-refractivity contribution in [2.75, 3.05) is 0 Å². The first kappa shape index (κ1) is 11.5. The van der Waals surface area contributed by atoms with Crippen molar-refractivity contribution in [3.05, 3.63) is 46.3 Å². The van der Waals surface area contributed by atoms with Gasteiger partial charge in [0.15, 0.2) is 11.5 Å². The first-order valence-electron chi connectivity index (χ1n) is 5.66. The van der Waals surface area contributed by atoms with Crippen LogP contribution >= 0.6 is 0 Å². The van der Waals surface area contributed by atoms with Gasteiger partial charge in [-0.05, 0) is 12.1 Å². The van der Waals surface area contributed by atoms with E-state index in [1.807, 2.05) is 5.32 Å². The van der Waals surface area contributed by atoms with Gasteiger partial charge in [0.2, 0.25) is 0 Å². The molecule has 1 atom stereocenters. The van der Waals surface area contributed by atoms with Crippen LogP contribution in [0.4, 0.5) is 4.79 Å². The number of rotatable bonds is 2. The van der Waals surface area contributed by atoms with Crippen LogP contribution in [0.3, 0.4) is 0 Å². The normalized spacial score (nSPS) is 18.4. The second kappa shape index (κ2) is 4.24. The number of fused-ring (bicyclic) bond motifs is 1. The van der Waals surface area contributed by atoms with Gasteiger partial charge in [0.1, 0.15) is 5.58 Å². The van der Waals surface area contributed by atoms with Gasteiger partial charge in [-0.15, -0.1) is 0 Å². The topological polar surface area (TPSA) is 85.6 Å². The summed E-state index contributed by atoms with van der Waals surface area (Å²) < 4.78 is 10.1. The number of nitrogens with one attached hydrogen (secondary N) is 1. The summed E-state index contributed by atoms with van der Waals surface area (Å²) in [6.45, 7) is 0. The Balaban J connectivity index is 1.98. The minimum atomic E-state index is -0.975. The van der Waals surface area contributed by atoms with Crippen LogP contribution in [0.2, 0.25) is 0 Å². The molecule has 96 valence electrons. The van der Waals surface area contributed by atoms with Crippen molar-refractivity contribution in [1.82, 2.24) is 5.32 Å². The first-order valence-corrected chi connectivity index (χ1v) is 5.66. The molecule has 1 N–H and O–H groups in total. The SMILES string of the molecule is O=C1NC(=O)C(Cc2coc3ccccc3c2=O)O1. The summed E-state index contributed by atoms with van der Waals surface area (Å²) >= 11 is 0. The van der Waals surface area contributed by atoms with Crippen LogP contribution < -0.4 is 10.7 Å². The highest BCUT2D eigenvalue weighted by Gasteiger charge is 2.33. The van der Waals surface area contributed by atoms with Crippen molar-refractivity contribution < 1.29 is 18.7 Å². The van der Waals surface area contributed by atoms with E-state index in [2.05, 4.69) is 0 Å². The fourth-order valence-corrected chi connectivity index (χ4v) is 1.99. The molecular weight excluding hydrogens is 250 g/mol. The number of amides is 2. The van der Waals surface area contributed by atoms with E-state index in [1.165, 1.54) is 6.26 Å². The van der Waals surface area contributed by atoms with Crippen molar-refractivity contribution in [2.24, 2.45) is 0 Å². The van der Waals surface area contributed by atoms with E-state index < -0.39 is 18.1 Å². The quantitative estimate of drug-likeness (QED) is 0.868. The molecule has 0 saturated carbocycles. The number of cyclic esters (lactones) is 1. The molecule has 1 saturated heterocycles. The van der Waals surface area contributed by atoms with Gasteiger partial charge in [-0.25, -0.2) is 4.79 Å². The van der Waals surface area contributed by atoms with Crippen LogP contribution in [0.15, 0.2) is 39.7 Å². The monoisotopic (exact) mass is 259 g/mol.